The molecule has 1 saturated heterocycles. The zero-order valence-electron chi connectivity index (χ0n) is 15.6. The van der Waals surface area contributed by atoms with Crippen molar-refractivity contribution in [3.8, 4) is 6.07 Å². The third kappa shape index (κ3) is 3.63. The van der Waals surface area contributed by atoms with Crippen molar-refractivity contribution >= 4 is 5.91 Å². The van der Waals surface area contributed by atoms with Gasteiger partial charge in [0.15, 0.2) is 0 Å². The highest BCUT2D eigenvalue weighted by Gasteiger charge is 2.33. The average molecular weight is 351 g/mol. The van der Waals surface area contributed by atoms with Crippen LogP contribution in [0.15, 0.2) is 36.5 Å². The number of carbonyl (C=O) groups excluding carboxylic acids is 1. The van der Waals surface area contributed by atoms with Gasteiger partial charge in [-0.1, -0.05) is 0 Å². The molecule has 1 aromatic heterocycles. The molecule has 1 amide bonds. The first-order valence-corrected chi connectivity index (χ1v) is 8.95. The van der Waals surface area contributed by atoms with E-state index in [4.69, 9.17) is 5.26 Å². The minimum atomic E-state index is -0.00790. The number of piperidine rings is 1. The van der Waals surface area contributed by atoms with Gasteiger partial charge in [-0.3, -0.25) is 14.4 Å². The molecule has 136 valence electrons. The van der Waals surface area contributed by atoms with Crippen LogP contribution in [0.4, 0.5) is 0 Å². The predicted molar refractivity (Wildman–Crippen MR) is 99.4 cm³/mol. The smallest absolute Gasteiger partial charge is 0.253 e. The second-order valence-electron chi connectivity index (χ2n) is 7.08. The molecule has 1 aliphatic heterocycles. The molecule has 3 rings (SSSR count). The highest BCUT2D eigenvalue weighted by molar-refractivity contribution is 5.94. The van der Waals surface area contributed by atoms with E-state index in [9.17, 15) is 4.79 Å². The fourth-order valence-electron chi connectivity index (χ4n) is 3.93. The van der Waals surface area contributed by atoms with Crippen LogP contribution >= 0.6 is 0 Å². The predicted octanol–water partition coefficient (Wildman–Crippen LogP) is 2.45. The summed E-state index contributed by atoms with van der Waals surface area (Å²) in [5.41, 5.74) is 2.37. The summed E-state index contributed by atoms with van der Waals surface area (Å²) in [7, 11) is 5.97. The van der Waals surface area contributed by atoms with E-state index >= 15 is 0 Å². The molecule has 0 N–H and O–H groups in total. The molecule has 1 fully saturated rings. The summed E-state index contributed by atoms with van der Waals surface area (Å²) in [4.78, 5) is 16.9. The van der Waals surface area contributed by atoms with Gasteiger partial charge in [0.1, 0.15) is 0 Å². The molecule has 0 unspecified atom stereocenters. The minimum absolute atomic E-state index is 0.00790. The van der Waals surface area contributed by atoms with Gasteiger partial charge in [0.2, 0.25) is 0 Å². The fourth-order valence-corrected chi connectivity index (χ4v) is 3.93. The first-order chi connectivity index (χ1) is 12.5. The van der Waals surface area contributed by atoms with Crippen LogP contribution in [0.25, 0.3) is 0 Å². The molecule has 6 nitrogen and oxygen atoms in total. The molecular weight excluding hydrogens is 326 g/mol. The molecule has 0 radical (unpaired) electrons. The molecule has 6 heteroatoms. The van der Waals surface area contributed by atoms with Crippen LogP contribution in [0.3, 0.4) is 0 Å². The zero-order valence-corrected chi connectivity index (χ0v) is 15.6. The summed E-state index contributed by atoms with van der Waals surface area (Å²) in [6, 6.07) is 11.2. The number of aromatic nitrogens is 2. The SMILES string of the molecule is CN(C[C@@H]1CCCN(C)[C@H]1c1ccnn1C)C(=O)c1ccc(C#N)cc1. The monoisotopic (exact) mass is 351 g/mol. The van der Waals surface area contributed by atoms with E-state index in [1.807, 2.05) is 25.0 Å². The van der Waals surface area contributed by atoms with E-state index in [0.29, 0.717) is 23.6 Å². The van der Waals surface area contributed by atoms with Gasteiger partial charge in [-0.2, -0.15) is 10.4 Å². The Hall–Kier alpha value is -2.65. The van der Waals surface area contributed by atoms with E-state index < -0.39 is 0 Å². The Balaban J connectivity index is 1.75. The van der Waals surface area contributed by atoms with Gasteiger partial charge in [-0.05, 0) is 62.7 Å². The fraction of sp³-hybridized carbons (Fsp3) is 0.450. The quantitative estimate of drug-likeness (QED) is 0.849. The van der Waals surface area contributed by atoms with Crippen LogP contribution in [-0.2, 0) is 7.05 Å². The molecule has 0 spiro atoms. The second kappa shape index (κ2) is 7.71. The molecule has 2 heterocycles. The van der Waals surface area contributed by atoms with Crippen molar-refractivity contribution in [1.82, 2.24) is 19.6 Å². The van der Waals surface area contributed by atoms with Gasteiger partial charge >= 0.3 is 0 Å². The number of carbonyl (C=O) groups is 1. The Morgan fingerprint density at radius 3 is 2.65 bits per heavy atom. The highest BCUT2D eigenvalue weighted by Crippen LogP contribution is 2.35. The van der Waals surface area contributed by atoms with Crippen LogP contribution < -0.4 is 0 Å². The topological polar surface area (TPSA) is 65.2 Å². The van der Waals surface area contributed by atoms with Crippen molar-refractivity contribution < 1.29 is 4.79 Å². The van der Waals surface area contributed by atoms with Gasteiger partial charge in [0.25, 0.3) is 5.91 Å². The lowest BCUT2D eigenvalue weighted by atomic mass is 9.86. The molecule has 2 aromatic rings. The third-order valence-electron chi connectivity index (χ3n) is 5.29. The zero-order chi connectivity index (χ0) is 18.7. The largest absolute Gasteiger partial charge is 0.341 e. The maximum Gasteiger partial charge on any atom is 0.253 e. The summed E-state index contributed by atoms with van der Waals surface area (Å²) in [5, 5.41) is 13.2. The van der Waals surface area contributed by atoms with Crippen LogP contribution in [0, 0.1) is 17.2 Å². The second-order valence-corrected chi connectivity index (χ2v) is 7.08. The Bertz CT molecular complexity index is 804. The molecular formula is C20H25N5O. The van der Waals surface area contributed by atoms with Gasteiger partial charge in [-0.15, -0.1) is 0 Å². The number of benzene rings is 1. The van der Waals surface area contributed by atoms with Gasteiger partial charge in [0.05, 0.1) is 23.4 Å². The number of nitriles is 1. The van der Waals surface area contributed by atoms with Crippen molar-refractivity contribution in [3.05, 3.63) is 53.3 Å². The number of likely N-dealkylation sites (tertiary alicyclic amines) is 1. The lowest BCUT2D eigenvalue weighted by Crippen LogP contribution is -2.43. The molecule has 1 aliphatic rings. The van der Waals surface area contributed by atoms with Crippen LogP contribution in [0.1, 0.15) is 40.5 Å². The molecule has 0 saturated carbocycles. The Morgan fingerprint density at radius 1 is 1.31 bits per heavy atom. The number of nitrogens with zero attached hydrogens (tertiary/aromatic N) is 5. The van der Waals surface area contributed by atoms with Crippen LogP contribution in [-0.4, -0.2) is 52.7 Å². The molecule has 2 atom stereocenters. The Kier molecular flexibility index (Phi) is 5.38. The molecule has 0 aliphatic carbocycles. The lowest BCUT2D eigenvalue weighted by molar-refractivity contribution is 0.0630. The Labute approximate surface area is 154 Å². The number of aryl methyl sites for hydroxylation is 1. The summed E-state index contributed by atoms with van der Waals surface area (Å²) in [6.45, 7) is 1.75. The average Bonchev–Trinajstić information content (AvgIpc) is 3.07. The van der Waals surface area contributed by atoms with Crippen LogP contribution in [0.2, 0.25) is 0 Å². The lowest BCUT2D eigenvalue weighted by Gasteiger charge is -2.40. The number of rotatable bonds is 4. The third-order valence-corrected chi connectivity index (χ3v) is 5.29. The van der Waals surface area contributed by atoms with Crippen molar-refractivity contribution in [3.63, 3.8) is 0 Å². The Morgan fingerprint density at radius 2 is 2.04 bits per heavy atom. The maximum absolute atomic E-state index is 12.8. The number of hydrogen-bond donors (Lipinski definition) is 0. The maximum atomic E-state index is 12.8. The van der Waals surface area contributed by atoms with Crippen LogP contribution in [0.5, 0.6) is 0 Å². The van der Waals surface area contributed by atoms with E-state index in [2.05, 4.69) is 29.2 Å². The standard InChI is InChI=1S/C20H25N5O/c1-23-12-4-5-17(19(23)18-10-11-22-25(18)3)14-24(2)20(26)16-8-6-15(13-21)7-9-16/h6-11,17,19H,4-5,12,14H2,1-3H3/t17-,19+/m0/s1. The van der Waals surface area contributed by atoms with Gasteiger partial charge < -0.3 is 4.90 Å². The number of amides is 1. The van der Waals surface area contributed by atoms with Crippen molar-refractivity contribution in [1.29, 1.82) is 5.26 Å². The first-order valence-electron chi connectivity index (χ1n) is 8.95. The normalized spacial score (nSPS) is 20.5. The van der Waals surface area contributed by atoms with E-state index in [1.54, 1.807) is 29.2 Å². The van der Waals surface area contributed by atoms with Gasteiger partial charge in [-0.25, -0.2) is 0 Å². The van der Waals surface area contributed by atoms with Gasteiger partial charge in [0, 0.05) is 32.4 Å². The first kappa shape index (κ1) is 18.2. The molecule has 0 bridgehead atoms. The molecule has 26 heavy (non-hydrogen) atoms. The van der Waals surface area contributed by atoms with Crippen molar-refractivity contribution in [2.45, 2.75) is 18.9 Å². The summed E-state index contributed by atoms with van der Waals surface area (Å²) >= 11 is 0. The minimum Gasteiger partial charge on any atom is -0.341 e. The summed E-state index contributed by atoms with van der Waals surface area (Å²) < 4.78 is 1.93. The van der Waals surface area contributed by atoms with E-state index in [0.717, 1.165) is 19.4 Å². The van der Waals surface area contributed by atoms with Crippen molar-refractivity contribution in [2.24, 2.45) is 13.0 Å². The van der Waals surface area contributed by atoms with E-state index in [-0.39, 0.29) is 11.9 Å². The molecule has 1 aromatic carbocycles. The highest BCUT2D eigenvalue weighted by atomic mass is 16.2. The summed E-state index contributed by atoms with van der Waals surface area (Å²) in [6.07, 6.45) is 4.06. The van der Waals surface area contributed by atoms with Crippen molar-refractivity contribution in [2.75, 3.05) is 27.2 Å². The summed E-state index contributed by atoms with van der Waals surface area (Å²) in [5.74, 6) is 0.350. The number of hydrogen-bond acceptors (Lipinski definition) is 4. The van der Waals surface area contributed by atoms with E-state index in [1.165, 1.54) is 5.69 Å².